The lowest BCUT2D eigenvalue weighted by Gasteiger charge is -1.98. The minimum Gasteiger partial charge on any atom is -0.334 e. The molecule has 1 aliphatic rings. The Hall–Kier alpha value is -2.28. The maximum absolute atomic E-state index is 10.8. The normalized spacial score (nSPS) is 14.4. The van der Waals surface area contributed by atoms with Crippen LogP contribution in [-0.4, -0.2) is 21.1 Å². The molecule has 7 heteroatoms. The number of nitro benzene ring substituents is 1. The SMILES string of the molecule is Cc1cc(-c2nc(CNC3CC3)no2)ccc1[N+](=O)[O-]. The first kappa shape index (κ1) is 12.7. The molecule has 1 heterocycles. The van der Waals surface area contributed by atoms with E-state index in [0.29, 0.717) is 35.4 Å². The van der Waals surface area contributed by atoms with E-state index in [1.807, 2.05) is 0 Å². The van der Waals surface area contributed by atoms with Crippen LogP contribution in [0.4, 0.5) is 5.69 Å². The van der Waals surface area contributed by atoms with Gasteiger partial charge in [-0.05, 0) is 31.9 Å². The van der Waals surface area contributed by atoms with Crippen LogP contribution in [0.3, 0.4) is 0 Å². The van der Waals surface area contributed by atoms with Gasteiger partial charge in [-0.3, -0.25) is 10.1 Å². The molecule has 3 rings (SSSR count). The van der Waals surface area contributed by atoms with Crippen molar-refractivity contribution >= 4 is 5.69 Å². The monoisotopic (exact) mass is 274 g/mol. The van der Waals surface area contributed by atoms with E-state index in [-0.39, 0.29) is 5.69 Å². The molecule has 0 spiro atoms. The van der Waals surface area contributed by atoms with Crippen molar-refractivity contribution in [3.05, 3.63) is 39.7 Å². The second-order valence-electron chi connectivity index (χ2n) is 4.93. The van der Waals surface area contributed by atoms with E-state index >= 15 is 0 Å². The third-order valence-electron chi connectivity index (χ3n) is 3.23. The van der Waals surface area contributed by atoms with Crippen LogP contribution in [0.15, 0.2) is 22.7 Å². The molecule has 1 aromatic heterocycles. The molecular weight excluding hydrogens is 260 g/mol. The summed E-state index contributed by atoms with van der Waals surface area (Å²) in [6, 6.07) is 5.34. The van der Waals surface area contributed by atoms with Gasteiger partial charge in [-0.1, -0.05) is 5.16 Å². The standard InChI is InChI=1S/C13H14N4O3/c1-8-6-9(2-5-11(8)17(18)19)13-15-12(16-20-13)7-14-10-3-4-10/h2,5-6,10,14H,3-4,7H2,1H3. The Balaban J connectivity index is 1.77. The number of nitro groups is 1. The van der Waals surface area contributed by atoms with E-state index < -0.39 is 4.92 Å². The highest BCUT2D eigenvalue weighted by atomic mass is 16.6. The largest absolute Gasteiger partial charge is 0.334 e. The summed E-state index contributed by atoms with van der Waals surface area (Å²) in [5, 5.41) is 18.0. The van der Waals surface area contributed by atoms with Crippen molar-refractivity contribution in [1.82, 2.24) is 15.5 Å². The van der Waals surface area contributed by atoms with Gasteiger partial charge in [0.05, 0.1) is 11.5 Å². The quantitative estimate of drug-likeness (QED) is 0.663. The fourth-order valence-corrected chi connectivity index (χ4v) is 1.96. The van der Waals surface area contributed by atoms with Gasteiger partial charge in [0.25, 0.3) is 11.6 Å². The lowest BCUT2D eigenvalue weighted by Crippen LogP contribution is -2.16. The predicted molar refractivity (Wildman–Crippen MR) is 71.0 cm³/mol. The molecule has 0 unspecified atom stereocenters. The molecule has 1 saturated carbocycles. The van der Waals surface area contributed by atoms with E-state index in [0.717, 1.165) is 0 Å². The summed E-state index contributed by atoms with van der Waals surface area (Å²) in [5.74, 6) is 0.985. The van der Waals surface area contributed by atoms with Gasteiger partial charge in [0, 0.05) is 23.2 Å². The maximum atomic E-state index is 10.8. The summed E-state index contributed by atoms with van der Waals surface area (Å²) in [6.07, 6.45) is 2.40. The zero-order valence-corrected chi connectivity index (χ0v) is 11.0. The highest BCUT2D eigenvalue weighted by Gasteiger charge is 2.21. The smallest absolute Gasteiger partial charge is 0.272 e. The highest BCUT2D eigenvalue weighted by Crippen LogP contribution is 2.25. The van der Waals surface area contributed by atoms with Gasteiger partial charge in [0.1, 0.15) is 0 Å². The Morgan fingerprint density at radius 1 is 1.50 bits per heavy atom. The van der Waals surface area contributed by atoms with E-state index in [2.05, 4.69) is 15.5 Å². The molecule has 2 aromatic rings. The number of aromatic nitrogens is 2. The molecule has 1 N–H and O–H groups in total. The fraction of sp³-hybridized carbons (Fsp3) is 0.385. The van der Waals surface area contributed by atoms with Gasteiger partial charge in [-0.2, -0.15) is 4.98 Å². The molecule has 0 atom stereocenters. The molecule has 0 saturated heterocycles. The molecule has 1 aromatic carbocycles. The maximum Gasteiger partial charge on any atom is 0.272 e. The van der Waals surface area contributed by atoms with Crippen molar-refractivity contribution < 1.29 is 9.45 Å². The Labute approximate surface area is 115 Å². The summed E-state index contributed by atoms with van der Waals surface area (Å²) in [6.45, 7) is 2.27. The van der Waals surface area contributed by atoms with Gasteiger partial charge < -0.3 is 9.84 Å². The molecule has 1 aliphatic carbocycles. The number of benzene rings is 1. The van der Waals surface area contributed by atoms with Crippen LogP contribution in [0.2, 0.25) is 0 Å². The van der Waals surface area contributed by atoms with Gasteiger partial charge in [0.15, 0.2) is 5.82 Å². The Morgan fingerprint density at radius 3 is 2.95 bits per heavy atom. The van der Waals surface area contributed by atoms with Crippen molar-refractivity contribution in [2.75, 3.05) is 0 Å². The van der Waals surface area contributed by atoms with Crippen LogP contribution in [0, 0.1) is 17.0 Å². The zero-order chi connectivity index (χ0) is 14.1. The number of nitrogens with zero attached hydrogens (tertiary/aromatic N) is 3. The Kier molecular flexibility index (Phi) is 3.19. The van der Waals surface area contributed by atoms with Gasteiger partial charge in [0.2, 0.25) is 0 Å². The van der Waals surface area contributed by atoms with E-state index in [4.69, 9.17) is 4.52 Å². The second-order valence-corrected chi connectivity index (χ2v) is 4.93. The van der Waals surface area contributed by atoms with Gasteiger partial charge in [-0.25, -0.2) is 0 Å². The molecule has 0 amide bonds. The van der Waals surface area contributed by atoms with Crippen molar-refractivity contribution in [3.8, 4) is 11.5 Å². The minimum absolute atomic E-state index is 0.0869. The van der Waals surface area contributed by atoms with Crippen LogP contribution in [0.5, 0.6) is 0 Å². The van der Waals surface area contributed by atoms with E-state index in [1.54, 1.807) is 19.1 Å². The lowest BCUT2D eigenvalue weighted by molar-refractivity contribution is -0.385. The first-order chi connectivity index (χ1) is 9.63. The summed E-state index contributed by atoms with van der Waals surface area (Å²) < 4.78 is 5.19. The molecule has 20 heavy (non-hydrogen) atoms. The minimum atomic E-state index is -0.405. The van der Waals surface area contributed by atoms with Crippen molar-refractivity contribution in [2.45, 2.75) is 32.4 Å². The van der Waals surface area contributed by atoms with Crippen LogP contribution in [0.1, 0.15) is 24.2 Å². The second kappa shape index (κ2) is 5.01. The Bertz CT molecular complexity index is 649. The van der Waals surface area contributed by atoms with Crippen molar-refractivity contribution in [2.24, 2.45) is 0 Å². The lowest BCUT2D eigenvalue weighted by atomic mass is 10.1. The molecular formula is C13H14N4O3. The fourth-order valence-electron chi connectivity index (χ4n) is 1.96. The van der Waals surface area contributed by atoms with E-state index in [9.17, 15) is 10.1 Å². The van der Waals surface area contributed by atoms with Gasteiger partial charge in [-0.15, -0.1) is 0 Å². The average Bonchev–Trinajstić information content (AvgIpc) is 3.13. The van der Waals surface area contributed by atoms with Gasteiger partial charge >= 0.3 is 0 Å². The number of hydrogen-bond donors (Lipinski definition) is 1. The topological polar surface area (TPSA) is 94.1 Å². The molecule has 0 bridgehead atoms. The third kappa shape index (κ3) is 2.67. The van der Waals surface area contributed by atoms with Crippen LogP contribution < -0.4 is 5.32 Å². The number of hydrogen-bond acceptors (Lipinski definition) is 6. The average molecular weight is 274 g/mol. The third-order valence-corrected chi connectivity index (χ3v) is 3.23. The Morgan fingerprint density at radius 2 is 2.30 bits per heavy atom. The summed E-state index contributed by atoms with van der Waals surface area (Å²) in [7, 11) is 0. The molecule has 0 aliphatic heterocycles. The van der Waals surface area contributed by atoms with E-state index in [1.165, 1.54) is 18.9 Å². The zero-order valence-electron chi connectivity index (χ0n) is 11.0. The summed E-state index contributed by atoms with van der Waals surface area (Å²) in [4.78, 5) is 14.7. The molecule has 1 fully saturated rings. The van der Waals surface area contributed by atoms with Crippen LogP contribution in [-0.2, 0) is 6.54 Å². The number of nitrogens with one attached hydrogen (secondary N) is 1. The highest BCUT2D eigenvalue weighted by molar-refractivity contribution is 5.58. The number of aryl methyl sites for hydroxylation is 1. The first-order valence-corrected chi connectivity index (χ1v) is 6.45. The van der Waals surface area contributed by atoms with Crippen molar-refractivity contribution in [1.29, 1.82) is 0 Å². The summed E-state index contributed by atoms with van der Waals surface area (Å²) >= 11 is 0. The first-order valence-electron chi connectivity index (χ1n) is 6.45. The summed E-state index contributed by atoms with van der Waals surface area (Å²) in [5.41, 5.74) is 1.35. The molecule has 0 radical (unpaired) electrons. The van der Waals surface area contributed by atoms with Crippen LogP contribution >= 0.6 is 0 Å². The van der Waals surface area contributed by atoms with Crippen LogP contribution in [0.25, 0.3) is 11.5 Å². The molecule has 7 nitrogen and oxygen atoms in total. The van der Waals surface area contributed by atoms with Crippen molar-refractivity contribution in [3.63, 3.8) is 0 Å². The molecule has 104 valence electrons. The predicted octanol–water partition coefficient (Wildman–Crippen LogP) is 2.21. The number of rotatable bonds is 5.